The largest absolute Gasteiger partial charge is 0.378 e. The molecule has 0 bridgehead atoms. The molecule has 0 fully saturated rings. The van der Waals surface area contributed by atoms with Crippen molar-refractivity contribution in [2.45, 2.75) is 0 Å². The Balaban J connectivity index is 2.68. The van der Waals surface area contributed by atoms with E-state index in [0.717, 1.165) is 6.07 Å². The highest BCUT2D eigenvalue weighted by Gasteiger charge is 2.21. The lowest BCUT2D eigenvalue weighted by atomic mass is 10.2. The molecule has 1 aromatic rings. The predicted octanol–water partition coefficient (Wildman–Crippen LogP) is 1.56. The highest BCUT2D eigenvalue weighted by molar-refractivity contribution is 5.73. The van der Waals surface area contributed by atoms with E-state index in [1.807, 2.05) is 0 Å². The summed E-state index contributed by atoms with van der Waals surface area (Å²) in [4.78, 5) is 22.3. The SMILES string of the molecule is CN(C)C(=O)NCCNc1cc(F)cc(F)c1[N+](=O)[O-]. The quantitative estimate of drug-likeness (QED) is 0.489. The first-order valence-electron chi connectivity index (χ1n) is 5.65. The van der Waals surface area contributed by atoms with E-state index in [1.54, 1.807) is 14.1 Å². The summed E-state index contributed by atoms with van der Waals surface area (Å²) < 4.78 is 26.3. The van der Waals surface area contributed by atoms with E-state index in [-0.39, 0.29) is 24.8 Å². The summed E-state index contributed by atoms with van der Waals surface area (Å²) in [5.74, 6) is -2.18. The molecule has 0 aliphatic heterocycles. The van der Waals surface area contributed by atoms with Crippen molar-refractivity contribution in [3.05, 3.63) is 33.9 Å². The normalized spacial score (nSPS) is 10.0. The first kappa shape index (κ1) is 15.6. The Kier molecular flexibility index (Phi) is 5.18. The third-order valence-electron chi connectivity index (χ3n) is 2.33. The van der Waals surface area contributed by atoms with Gasteiger partial charge in [0.2, 0.25) is 5.82 Å². The molecule has 0 saturated heterocycles. The van der Waals surface area contributed by atoms with Crippen molar-refractivity contribution in [2.24, 2.45) is 0 Å². The fourth-order valence-corrected chi connectivity index (χ4v) is 1.41. The number of anilines is 1. The van der Waals surface area contributed by atoms with Gasteiger partial charge in [-0.1, -0.05) is 0 Å². The molecule has 7 nitrogen and oxygen atoms in total. The minimum absolute atomic E-state index is 0.0866. The molecule has 0 unspecified atom stereocenters. The molecule has 2 N–H and O–H groups in total. The van der Waals surface area contributed by atoms with Crippen LogP contribution >= 0.6 is 0 Å². The summed E-state index contributed by atoms with van der Waals surface area (Å²) >= 11 is 0. The Morgan fingerprint density at radius 2 is 2.00 bits per heavy atom. The summed E-state index contributed by atoms with van der Waals surface area (Å²) in [7, 11) is 3.10. The average molecular weight is 288 g/mol. The van der Waals surface area contributed by atoms with Crippen LogP contribution in [0.2, 0.25) is 0 Å². The van der Waals surface area contributed by atoms with Gasteiger partial charge in [-0.15, -0.1) is 0 Å². The summed E-state index contributed by atoms with van der Waals surface area (Å²) in [5.41, 5.74) is -1.10. The topological polar surface area (TPSA) is 87.5 Å². The monoisotopic (exact) mass is 288 g/mol. The van der Waals surface area contributed by atoms with Crippen LogP contribution in [0.15, 0.2) is 12.1 Å². The van der Waals surface area contributed by atoms with E-state index in [4.69, 9.17) is 0 Å². The third kappa shape index (κ3) is 4.04. The Hall–Kier alpha value is -2.45. The molecule has 1 aromatic carbocycles. The number of amides is 2. The van der Waals surface area contributed by atoms with E-state index in [9.17, 15) is 23.7 Å². The highest BCUT2D eigenvalue weighted by atomic mass is 19.1. The van der Waals surface area contributed by atoms with E-state index in [1.165, 1.54) is 4.90 Å². The molecule has 0 aliphatic rings. The Bertz CT molecular complexity index is 523. The number of nitro groups is 1. The third-order valence-corrected chi connectivity index (χ3v) is 2.33. The molecule has 0 heterocycles. The Morgan fingerprint density at radius 3 is 2.55 bits per heavy atom. The van der Waals surface area contributed by atoms with Crippen LogP contribution in [-0.4, -0.2) is 43.0 Å². The number of nitrogens with one attached hydrogen (secondary N) is 2. The van der Waals surface area contributed by atoms with Gasteiger partial charge in [-0.05, 0) is 0 Å². The van der Waals surface area contributed by atoms with Crippen molar-refractivity contribution in [2.75, 3.05) is 32.5 Å². The van der Waals surface area contributed by atoms with E-state index >= 15 is 0 Å². The second-order valence-corrected chi connectivity index (χ2v) is 4.09. The number of hydrogen-bond donors (Lipinski definition) is 2. The molecule has 0 aliphatic carbocycles. The fraction of sp³-hybridized carbons (Fsp3) is 0.364. The molecule has 1 rings (SSSR count). The van der Waals surface area contributed by atoms with Crippen molar-refractivity contribution < 1.29 is 18.5 Å². The van der Waals surface area contributed by atoms with Gasteiger partial charge in [-0.2, -0.15) is 4.39 Å². The summed E-state index contributed by atoms with van der Waals surface area (Å²) in [6, 6.07) is 0.929. The number of nitrogens with zero attached hydrogens (tertiary/aromatic N) is 2. The first-order valence-corrected chi connectivity index (χ1v) is 5.65. The zero-order valence-corrected chi connectivity index (χ0v) is 10.9. The van der Waals surface area contributed by atoms with E-state index in [0.29, 0.717) is 6.07 Å². The molecule has 20 heavy (non-hydrogen) atoms. The predicted molar refractivity (Wildman–Crippen MR) is 68.6 cm³/mol. The van der Waals surface area contributed by atoms with Crippen LogP contribution in [0, 0.1) is 21.7 Å². The van der Waals surface area contributed by atoms with Gasteiger partial charge in [0.1, 0.15) is 11.5 Å². The minimum atomic E-state index is -1.25. The number of nitro benzene ring substituents is 1. The maximum Gasteiger partial charge on any atom is 0.327 e. The van der Waals surface area contributed by atoms with Crippen LogP contribution in [-0.2, 0) is 0 Å². The van der Waals surface area contributed by atoms with Crippen molar-refractivity contribution in [1.29, 1.82) is 0 Å². The maximum atomic E-state index is 13.3. The van der Waals surface area contributed by atoms with E-state index < -0.39 is 22.2 Å². The van der Waals surface area contributed by atoms with Crippen molar-refractivity contribution in [3.63, 3.8) is 0 Å². The second kappa shape index (κ2) is 6.64. The molecule has 0 radical (unpaired) electrons. The van der Waals surface area contributed by atoms with Gasteiger partial charge in [0.15, 0.2) is 0 Å². The molecule has 9 heteroatoms. The van der Waals surface area contributed by atoms with Crippen molar-refractivity contribution in [1.82, 2.24) is 10.2 Å². The maximum absolute atomic E-state index is 13.3. The van der Waals surface area contributed by atoms with Crippen LogP contribution in [0.25, 0.3) is 0 Å². The number of hydrogen-bond acceptors (Lipinski definition) is 4. The Labute approximate surface area is 113 Å². The van der Waals surface area contributed by atoms with Gasteiger partial charge in [0.05, 0.1) is 4.92 Å². The second-order valence-electron chi connectivity index (χ2n) is 4.09. The lowest BCUT2D eigenvalue weighted by molar-refractivity contribution is -0.386. The standard InChI is InChI=1S/C11H14F2N4O3/c1-16(2)11(18)15-4-3-14-9-6-7(12)5-8(13)10(9)17(19)20/h5-6,14H,3-4H2,1-2H3,(H,15,18). The van der Waals surface area contributed by atoms with Crippen LogP contribution in [0.1, 0.15) is 0 Å². The summed E-state index contributed by atoms with van der Waals surface area (Å²) in [5, 5.41) is 15.7. The van der Waals surface area contributed by atoms with Crippen LogP contribution in [0.4, 0.5) is 25.0 Å². The smallest absolute Gasteiger partial charge is 0.327 e. The fourth-order valence-electron chi connectivity index (χ4n) is 1.41. The number of halogens is 2. The van der Waals surface area contributed by atoms with Gasteiger partial charge in [0.25, 0.3) is 0 Å². The lowest BCUT2D eigenvalue weighted by Crippen LogP contribution is -2.37. The highest BCUT2D eigenvalue weighted by Crippen LogP contribution is 2.28. The van der Waals surface area contributed by atoms with Gasteiger partial charge in [-0.3, -0.25) is 10.1 Å². The van der Waals surface area contributed by atoms with Crippen LogP contribution in [0.3, 0.4) is 0 Å². The van der Waals surface area contributed by atoms with E-state index in [2.05, 4.69) is 10.6 Å². The van der Waals surface area contributed by atoms with Gasteiger partial charge < -0.3 is 15.5 Å². The zero-order chi connectivity index (χ0) is 15.3. The molecule has 110 valence electrons. The molecular weight excluding hydrogens is 274 g/mol. The first-order chi connectivity index (χ1) is 9.32. The number of carbonyl (C=O) groups excluding carboxylic acids is 1. The van der Waals surface area contributed by atoms with Gasteiger partial charge in [0, 0.05) is 39.3 Å². The number of benzene rings is 1. The Morgan fingerprint density at radius 1 is 1.35 bits per heavy atom. The molecule has 2 amide bonds. The minimum Gasteiger partial charge on any atom is -0.378 e. The molecule has 0 saturated carbocycles. The molecule has 0 atom stereocenters. The zero-order valence-electron chi connectivity index (χ0n) is 10.9. The van der Waals surface area contributed by atoms with Gasteiger partial charge in [-0.25, -0.2) is 9.18 Å². The molecule has 0 spiro atoms. The lowest BCUT2D eigenvalue weighted by Gasteiger charge is -2.12. The summed E-state index contributed by atoms with van der Waals surface area (Å²) in [6.45, 7) is 0.232. The number of carbonyl (C=O) groups is 1. The van der Waals surface area contributed by atoms with Crippen molar-refractivity contribution >= 4 is 17.4 Å². The molecular formula is C11H14F2N4O3. The van der Waals surface area contributed by atoms with Crippen LogP contribution < -0.4 is 10.6 Å². The summed E-state index contributed by atoms with van der Waals surface area (Å²) in [6.07, 6.45) is 0. The van der Waals surface area contributed by atoms with Gasteiger partial charge >= 0.3 is 11.7 Å². The van der Waals surface area contributed by atoms with Crippen molar-refractivity contribution in [3.8, 4) is 0 Å². The number of urea groups is 1. The average Bonchev–Trinajstić information content (AvgIpc) is 2.32. The van der Waals surface area contributed by atoms with Crippen LogP contribution in [0.5, 0.6) is 0 Å². The molecule has 0 aromatic heterocycles. The number of rotatable bonds is 5.